The lowest BCUT2D eigenvalue weighted by atomic mass is 9.99. The van der Waals surface area contributed by atoms with Crippen LogP contribution in [0.1, 0.15) is 30.5 Å². The standard InChI is InChI=1S/C18H24NO3P/c1-4-17(23(20,21-2)22-3)19-18(15-11-7-5-8-12-15)16-13-9-6-10-14-16/h5-14,17-19H,4H2,1-3H3/t17-/m1/s1. The molecule has 0 aliphatic carbocycles. The summed E-state index contributed by atoms with van der Waals surface area (Å²) in [5.74, 6) is -0.386. The van der Waals surface area contributed by atoms with Crippen molar-refractivity contribution in [2.24, 2.45) is 0 Å². The zero-order valence-corrected chi connectivity index (χ0v) is 14.7. The first kappa shape index (κ1) is 17.9. The molecular weight excluding hydrogens is 309 g/mol. The molecule has 0 bridgehead atoms. The van der Waals surface area contributed by atoms with E-state index in [0.29, 0.717) is 6.42 Å². The molecule has 0 aliphatic heterocycles. The van der Waals surface area contributed by atoms with Gasteiger partial charge in [-0.2, -0.15) is 0 Å². The normalized spacial score (nSPS) is 13.2. The fourth-order valence-corrected chi connectivity index (χ4v) is 4.07. The summed E-state index contributed by atoms with van der Waals surface area (Å²) in [7, 11) is -0.347. The lowest BCUT2D eigenvalue weighted by Gasteiger charge is -2.29. The number of hydrogen-bond donors (Lipinski definition) is 1. The second-order valence-corrected chi connectivity index (χ2v) is 7.68. The average Bonchev–Trinajstić information content (AvgIpc) is 2.63. The van der Waals surface area contributed by atoms with Crippen LogP contribution in [0.3, 0.4) is 0 Å². The maximum atomic E-state index is 12.8. The maximum Gasteiger partial charge on any atom is 0.346 e. The zero-order valence-electron chi connectivity index (χ0n) is 13.8. The predicted octanol–water partition coefficient (Wildman–Crippen LogP) is 4.59. The molecule has 5 heteroatoms. The number of rotatable bonds is 8. The van der Waals surface area contributed by atoms with Crippen LogP contribution in [0, 0.1) is 0 Å². The number of nitrogens with one attached hydrogen (secondary N) is 1. The molecule has 0 unspecified atom stereocenters. The van der Waals surface area contributed by atoms with Gasteiger partial charge in [-0.25, -0.2) is 0 Å². The summed E-state index contributed by atoms with van der Waals surface area (Å²) in [4.78, 5) is 0. The van der Waals surface area contributed by atoms with Gasteiger partial charge in [-0.1, -0.05) is 67.6 Å². The minimum absolute atomic E-state index is 0.0824. The number of hydrogen-bond acceptors (Lipinski definition) is 4. The van der Waals surface area contributed by atoms with Crippen molar-refractivity contribution in [3.8, 4) is 0 Å². The Bertz CT molecular complexity index is 586. The summed E-state index contributed by atoms with van der Waals surface area (Å²) in [5.41, 5.74) is 2.21. The maximum absolute atomic E-state index is 12.8. The van der Waals surface area contributed by atoms with Crippen LogP contribution in [-0.4, -0.2) is 20.0 Å². The molecule has 23 heavy (non-hydrogen) atoms. The van der Waals surface area contributed by atoms with Gasteiger partial charge in [-0.3, -0.25) is 9.88 Å². The second-order valence-electron chi connectivity index (χ2n) is 5.25. The predicted molar refractivity (Wildman–Crippen MR) is 93.6 cm³/mol. The van der Waals surface area contributed by atoms with Crippen LogP contribution in [0.2, 0.25) is 0 Å². The van der Waals surface area contributed by atoms with Crippen molar-refractivity contribution in [3.05, 3.63) is 71.8 Å². The minimum atomic E-state index is -3.20. The van der Waals surface area contributed by atoms with Gasteiger partial charge in [0, 0.05) is 14.2 Å². The van der Waals surface area contributed by atoms with Gasteiger partial charge >= 0.3 is 7.60 Å². The number of benzene rings is 2. The van der Waals surface area contributed by atoms with Crippen molar-refractivity contribution < 1.29 is 13.6 Å². The molecule has 2 aromatic carbocycles. The highest BCUT2D eigenvalue weighted by Gasteiger charge is 2.34. The molecule has 0 fully saturated rings. The van der Waals surface area contributed by atoms with Gasteiger partial charge < -0.3 is 9.05 Å². The molecule has 4 nitrogen and oxygen atoms in total. The van der Waals surface area contributed by atoms with Crippen molar-refractivity contribution in [1.29, 1.82) is 0 Å². The van der Waals surface area contributed by atoms with E-state index >= 15 is 0 Å². The molecule has 1 atom stereocenters. The van der Waals surface area contributed by atoms with Gasteiger partial charge in [-0.15, -0.1) is 0 Å². The largest absolute Gasteiger partial charge is 0.346 e. The van der Waals surface area contributed by atoms with Crippen LogP contribution in [0.4, 0.5) is 0 Å². The van der Waals surface area contributed by atoms with E-state index in [9.17, 15) is 4.57 Å². The molecule has 0 amide bonds. The highest BCUT2D eigenvalue weighted by Crippen LogP contribution is 2.52. The molecular formula is C18H24NO3P. The lowest BCUT2D eigenvalue weighted by molar-refractivity contribution is 0.255. The highest BCUT2D eigenvalue weighted by molar-refractivity contribution is 7.54. The molecule has 0 aromatic heterocycles. The van der Waals surface area contributed by atoms with E-state index in [1.54, 1.807) is 0 Å². The van der Waals surface area contributed by atoms with Crippen LogP contribution in [0.25, 0.3) is 0 Å². The van der Waals surface area contributed by atoms with Crippen molar-refractivity contribution in [2.45, 2.75) is 25.2 Å². The Labute approximate surface area is 138 Å². The summed E-state index contributed by atoms with van der Waals surface area (Å²) in [6.07, 6.45) is 0.634. The molecule has 0 radical (unpaired) electrons. The Balaban J connectivity index is 2.37. The van der Waals surface area contributed by atoms with Crippen molar-refractivity contribution in [1.82, 2.24) is 5.32 Å². The van der Waals surface area contributed by atoms with Crippen LogP contribution >= 0.6 is 7.60 Å². The van der Waals surface area contributed by atoms with Gasteiger partial charge in [0.2, 0.25) is 0 Å². The summed E-state index contributed by atoms with van der Waals surface area (Å²) in [5, 5.41) is 3.47. The quantitative estimate of drug-likeness (QED) is 0.718. The van der Waals surface area contributed by atoms with Crippen LogP contribution in [0.5, 0.6) is 0 Å². The summed E-state index contributed by atoms with van der Waals surface area (Å²) < 4.78 is 23.1. The van der Waals surface area contributed by atoms with E-state index in [2.05, 4.69) is 29.6 Å². The van der Waals surface area contributed by atoms with Gasteiger partial charge in [0.1, 0.15) is 5.78 Å². The van der Waals surface area contributed by atoms with E-state index in [-0.39, 0.29) is 11.8 Å². The van der Waals surface area contributed by atoms with E-state index in [4.69, 9.17) is 9.05 Å². The highest BCUT2D eigenvalue weighted by atomic mass is 31.2. The van der Waals surface area contributed by atoms with Crippen LogP contribution < -0.4 is 5.32 Å². The first-order valence-electron chi connectivity index (χ1n) is 7.71. The monoisotopic (exact) mass is 333 g/mol. The first-order chi connectivity index (χ1) is 11.1. The van der Waals surface area contributed by atoms with Crippen LogP contribution in [0.15, 0.2) is 60.7 Å². The molecule has 0 saturated heterocycles. The molecule has 1 N–H and O–H groups in total. The Morgan fingerprint density at radius 2 is 1.35 bits per heavy atom. The third-order valence-electron chi connectivity index (χ3n) is 3.90. The average molecular weight is 333 g/mol. The molecule has 2 aromatic rings. The second kappa shape index (κ2) is 8.42. The fourth-order valence-electron chi connectivity index (χ4n) is 2.63. The van der Waals surface area contributed by atoms with Gasteiger partial charge in [0.25, 0.3) is 0 Å². The Morgan fingerprint density at radius 3 is 1.70 bits per heavy atom. The molecule has 0 saturated carbocycles. The van der Waals surface area contributed by atoms with Gasteiger partial charge in [0.15, 0.2) is 0 Å². The van der Waals surface area contributed by atoms with Crippen molar-refractivity contribution >= 4 is 7.60 Å². The summed E-state index contributed by atoms with van der Waals surface area (Å²) in [6.45, 7) is 1.97. The third kappa shape index (κ3) is 4.30. The molecule has 124 valence electrons. The van der Waals surface area contributed by atoms with Crippen molar-refractivity contribution in [2.75, 3.05) is 14.2 Å². The molecule has 0 heterocycles. The minimum Gasteiger partial charge on any atom is -0.311 e. The smallest absolute Gasteiger partial charge is 0.311 e. The lowest BCUT2D eigenvalue weighted by Crippen LogP contribution is -2.33. The fraction of sp³-hybridized carbons (Fsp3) is 0.333. The topological polar surface area (TPSA) is 47.6 Å². The summed E-state index contributed by atoms with van der Waals surface area (Å²) in [6, 6.07) is 20.1. The first-order valence-corrected chi connectivity index (χ1v) is 9.33. The van der Waals surface area contributed by atoms with Crippen molar-refractivity contribution in [3.63, 3.8) is 0 Å². The molecule has 2 rings (SSSR count). The Hall–Kier alpha value is -1.45. The molecule has 0 aliphatic rings. The van der Waals surface area contributed by atoms with E-state index in [1.807, 2.05) is 43.3 Å². The Kier molecular flexibility index (Phi) is 6.55. The van der Waals surface area contributed by atoms with Gasteiger partial charge in [-0.05, 0) is 17.5 Å². The molecule has 0 spiro atoms. The Morgan fingerprint density at radius 1 is 0.913 bits per heavy atom. The summed E-state index contributed by atoms with van der Waals surface area (Å²) >= 11 is 0. The van der Waals surface area contributed by atoms with E-state index < -0.39 is 7.60 Å². The van der Waals surface area contributed by atoms with Gasteiger partial charge in [0.05, 0.1) is 6.04 Å². The third-order valence-corrected chi connectivity index (χ3v) is 6.20. The van der Waals surface area contributed by atoms with Crippen LogP contribution in [-0.2, 0) is 13.6 Å². The van der Waals surface area contributed by atoms with E-state index in [1.165, 1.54) is 14.2 Å². The van der Waals surface area contributed by atoms with E-state index in [0.717, 1.165) is 11.1 Å². The zero-order chi connectivity index (χ0) is 16.7. The SMILES string of the molecule is CC[C@H](NC(c1ccccc1)c1ccccc1)P(=O)(OC)OC.